The van der Waals surface area contributed by atoms with Crippen LogP contribution in [0.15, 0.2) is 24.3 Å². The van der Waals surface area contributed by atoms with Crippen LogP contribution < -0.4 is 0 Å². The van der Waals surface area contributed by atoms with Gasteiger partial charge < -0.3 is 14.7 Å². The van der Waals surface area contributed by atoms with Crippen LogP contribution in [0.4, 0.5) is 13.2 Å². The van der Waals surface area contributed by atoms with Crippen molar-refractivity contribution in [3.63, 3.8) is 0 Å². The Morgan fingerprint density at radius 2 is 2.00 bits per heavy atom. The van der Waals surface area contributed by atoms with Gasteiger partial charge in [0.05, 0.1) is 5.60 Å². The average molecular weight is 463 g/mol. The van der Waals surface area contributed by atoms with E-state index < -0.39 is 12.1 Å². The van der Waals surface area contributed by atoms with Gasteiger partial charge in [-0.3, -0.25) is 9.69 Å². The summed E-state index contributed by atoms with van der Waals surface area (Å²) in [6.45, 7) is 4.55. The third-order valence-electron chi connectivity index (χ3n) is 6.01. The molecule has 0 saturated carbocycles. The van der Waals surface area contributed by atoms with Gasteiger partial charge in [0.2, 0.25) is 5.91 Å². The lowest BCUT2D eigenvalue weighted by Crippen LogP contribution is -2.50. The Bertz CT molecular complexity index is 807. The predicted molar refractivity (Wildman–Crippen MR) is 108 cm³/mol. The minimum absolute atomic E-state index is 0.0763. The van der Waals surface area contributed by atoms with Crippen LogP contribution in [0.5, 0.6) is 0 Å². The molecule has 0 radical (unpaired) electrons. The summed E-state index contributed by atoms with van der Waals surface area (Å²) >= 11 is 6.30. The Morgan fingerprint density at radius 1 is 1.29 bits per heavy atom. The van der Waals surface area contributed by atoms with E-state index in [9.17, 15) is 18.0 Å². The van der Waals surface area contributed by atoms with Crippen LogP contribution in [0, 0.1) is 0 Å². The van der Waals surface area contributed by atoms with Gasteiger partial charge in [0.1, 0.15) is 0 Å². The highest BCUT2D eigenvalue weighted by atomic mass is 35.5. The van der Waals surface area contributed by atoms with Gasteiger partial charge in [-0.2, -0.15) is 13.2 Å². The monoisotopic (exact) mass is 462 g/mol. The quantitative estimate of drug-likeness (QED) is 0.741. The number of hydrogen-bond donors (Lipinski definition) is 1. The van der Waals surface area contributed by atoms with Crippen molar-refractivity contribution < 1.29 is 32.6 Å². The van der Waals surface area contributed by atoms with E-state index in [1.165, 1.54) is 5.56 Å². The molecule has 0 aromatic heterocycles. The molecule has 4 rings (SSSR count). The Balaban J connectivity index is 0.000000339. The summed E-state index contributed by atoms with van der Waals surface area (Å²) in [5.41, 5.74) is 1.10. The molecule has 3 fully saturated rings. The first kappa shape index (κ1) is 23.8. The number of carboxylic acid groups (broad SMARTS) is 1. The smallest absolute Gasteiger partial charge is 0.475 e. The van der Waals surface area contributed by atoms with Crippen LogP contribution in [-0.2, 0) is 20.9 Å². The molecule has 3 aliphatic heterocycles. The SMILES string of the molecule is O=C(O)C(F)(F)F.O=C1CCCN1[C@@H]1CCO[C@]2(CCN(Cc3ccccc3Cl)C2)C1. The molecule has 1 spiro atoms. The lowest BCUT2D eigenvalue weighted by atomic mass is 9.89. The van der Waals surface area contributed by atoms with Crippen molar-refractivity contribution in [2.45, 2.75) is 56.5 Å². The van der Waals surface area contributed by atoms with E-state index in [1.807, 2.05) is 18.2 Å². The van der Waals surface area contributed by atoms with Crippen molar-refractivity contribution in [3.8, 4) is 0 Å². The number of ether oxygens (including phenoxy) is 1. The molecule has 3 saturated heterocycles. The topological polar surface area (TPSA) is 70.1 Å². The van der Waals surface area contributed by atoms with Gasteiger partial charge in [-0.05, 0) is 37.3 Å². The highest BCUT2D eigenvalue weighted by Gasteiger charge is 2.45. The van der Waals surface area contributed by atoms with E-state index in [4.69, 9.17) is 26.2 Å². The largest absolute Gasteiger partial charge is 0.490 e. The van der Waals surface area contributed by atoms with Crippen LogP contribution in [0.1, 0.15) is 37.7 Å². The highest BCUT2D eigenvalue weighted by molar-refractivity contribution is 6.31. The predicted octanol–water partition coefficient (Wildman–Crippen LogP) is 3.72. The molecule has 2 atom stereocenters. The van der Waals surface area contributed by atoms with Gasteiger partial charge in [-0.15, -0.1) is 0 Å². The number of hydrogen-bond acceptors (Lipinski definition) is 4. The molecule has 1 aromatic rings. The second kappa shape index (κ2) is 9.75. The second-order valence-corrected chi connectivity index (χ2v) is 8.63. The van der Waals surface area contributed by atoms with Crippen molar-refractivity contribution >= 4 is 23.5 Å². The van der Waals surface area contributed by atoms with Crippen molar-refractivity contribution in [1.29, 1.82) is 0 Å². The normalized spacial score (nSPS) is 26.8. The zero-order valence-corrected chi connectivity index (χ0v) is 17.8. The van der Waals surface area contributed by atoms with Gasteiger partial charge in [0.25, 0.3) is 0 Å². The first-order chi connectivity index (χ1) is 14.6. The van der Waals surface area contributed by atoms with E-state index in [-0.39, 0.29) is 5.60 Å². The zero-order valence-electron chi connectivity index (χ0n) is 17.0. The number of amides is 1. The number of carbonyl (C=O) groups is 2. The van der Waals surface area contributed by atoms with Crippen LogP contribution in [0.2, 0.25) is 5.02 Å². The number of rotatable bonds is 3. The Labute approximate surface area is 183 Å². The van der Waals surface area contributed by atoms with Crippen LogP contribution >= 0.6 is 11.6 Å². The number of alkyl halides is 3. The number of carboxylic acids is 1. The fraction of sp³-hybridized carbons (Fsp3) is 0.619. The fourth-order valence-corrected chi connectivity index (χ4v) is 4.73. The molecule has 31 heavy (non-hydrogen) atoms. The number of aliphatic carboxylic acids is 1. The highest BCUT2D eigenvalue weighted by Crippen LogP contribution is 2.37. The zero-order chi connectivity index (χ0) is 22.6. The maximum atomic E-state index is 12.1. The fourth-order valence-electron chi connectivity index (χ4n) is 4.54. The lowest BCUT2D eigenvalue weighted by Gasteiger charge is -2.41. The maximum Gasteiger partial charge on any atom is 0.490 e. The van der Waals surface area contributed by atoms with Crippen molar-refractivity contribution in [2.75, 3.05) is 26.2 Å². The Morgan fingerprint density at radius 3 is 2.61 bits per heavy atom. The number of halogens is 4. The molecule has 172 valence electrons. The van der Waals surface area contributed by atoms with Crippen molar-refractivity contribution in [3.05, 3.63) is 34.9 Å². The van der Waals surface area contributed by atoms with Gasteiger partial charge in [0.15, 0.2) is 0 Å². The van der Waals surface area contributed by atoms with Crippen LogP contribution in [0.25, 0.3) is 0 Å². The number of carbonyl (C=O) groups excluding carboxylic acids is 1. The molecule has 3 heterocycles. The van der Waals surface area contributed by atoms with Crippen LogP contribution in [-0.4, -0.2) is 70.8 Å². The van der Waals surface area contributed by atoms with Gasteiger partial charge >= 0.3 is 12.1 Å². The number of nitrogens with zero attached hydrogens (tertiary/aromatic N) is 2. The van der Waals surface area contributed by atoms with E-state index in [2.05, 4.69) is 15.9 Å². The van der Waals surface area contributed by atoms with E-state index in [1.54, 1.807) is 0 Å². The molecule has 0 aliphatic carbocycles. The molecule has 3 aliphatic rings. The summed E-state index contributed by atoms with van der Waals surface area (Å²) < 4.78 is 38.0. The average Bonchev–Trinajstić information content (AvgIpc) is 3.30. The molecular weight excluding hydrogens is 437 g/mol. The molecule has 1 N–H and O–H groups in total. The molecule has 6 nitrogen and oxygen atoms in total. The molecular formula is C21H26ClF3N2O4. The third-order valence-corrected chi connectivity index (χ3v) is 6.38. The van der Waals surface area contributed by atoms with Crippen molar-refractivity contribution in [2.24, 2.45) is 0 Å². The molecule has 0 bridgehead atoms. The lowest BCUT2D eigenvalue weighted by molar-refractivity contribution is -0.192. The minimum atomic E-state index is -5.08. The first-order valence-corrected chi connectivity index (χ1v) is 10.7. The second-order valence-electron chi connectivity index (χ2n) is 8.22. The Kier molecular flexibility index (Phi) is 7.49. The summed E-state index contributed by atoms with van der Waals surface area (Å²) in [5.74, 6) is -2.42. The number of benzene rings is 1. The standard InChI is InChI=1S/C19H25ClN2O2.C2HF3O2/c20-17-5-2-1-4-15(17)13-21-10-8-19(14-21)12-16(7-11-24-19)22-9-3-6-18(22)23;3-2(4,5)1(6)7/h1-2,4-5,16H,3,6-14H2;(H,6,7)/t16-,19-;/m1./s1. The van der Waals surface area contributed by atoms with Gasteiger partial charge in [-0.25, -0.2) is 4.79 Å². The van der Waals surface area contributed by atoms with E-state index in [0.717, 1.165) is 69.9 Å². The Hall–Kier alpha value is -1.84. The van der Waals surface area contributed by atoms with Gasteiger partial charge in [-0.1, -0.05) is 29.8 Å². The molecule has 1 amide bonds. The van der Waals surface area contributed by atoms with Crippen LogP contribution in [0.3, 0.4) is 0 Å². The number of likely N-dealkylation sites (tertiary alicyclic amines) is 2. The maximum absolute atomic E-state index is 12.1. The van der Waals surface area contributed by atoms with Gasteiger partial charge in [0, 0.05) is 50.3 Å². The summed E-state index contributed by atoms with van der Waals surface area (Å²) in [4.78, 5) is 25.5. The summed E-state index contributed by atoms with van der Waals surface area (Å²) in [6.07, 6.45) is -0.323. The summed E-state index contributed by atoms with van der Waals surface area (Å²) in [5, 5.41) is 7.96. The molecule has 1 aromatic carbocycles. The van der Waals surface area contributed by atoms with E-state index >= 15 is 0 Å². The van der Waals surface area contributed by atoms with E-state index in [0.29, 0.717) is 11.9 Å². The third kappa shape index (κ3) is 6.11. The van der Waals surface area contributed by atoms with Crippen molar-refractivity contribution in [1.82, 2.24) is 9.80 Å². The molecule has 10 heteroatoms. The first-order valence-electron chi connectivity index (χ1n) is 10.3. The summed E-state index contributed by atoms with van der Waals surface area (Å²) in [7, 11) is 0. The summed E-state index contributed by atoms with van der Waals surface area (Å²) in [6, 6.07) is 8.43. The molecule has 0 unspecified atom stereocenters. The minimum Gasteiger partial charge on any atom is -0.475 e.